The molecule has 0 aromatic carbocycles. The van der Waals surface area contributed by atoms with E-state index in [4.69, 9.17) is 4.74 Å². The smallest absolute Gasteiger partial charge is 0.228 e. The largest absolute Gasteiger partial charge is 0.378 e. The lowest BCUT2D eigenvalue weighted by Crippen LogP contribution is -2.64. The third-order valence-electron chi connectivity index (χ3n) is 3.96. The molecule has 116 valence electrons. The van der Waals surface area contributed by atoms with E-state index in [1.165, 1.54) is 4.88 Å². The number of likely N-dealkylation sites (tertiary alicyclic amines) is 1. The number of thiazole rings is 1. The van der Waals surface area contributed by atoms with Gasteiger partial charge in [0.1, 0.15) is 5.01 Å². The van der Waals surface area contributed by atoms with Crippen molar-refractivity contribution in [1.29, 1.82) is 0 Å². The number of aromatic nitrogens is 1. The van der Waals surface area contributed by atoms with Crippen LogP contribution in [0.1, 0.15) is 5.69 Å². The number of hydrogen-bond donors (Lipinski definition) is 1. The molecule has 0 radical (unpaired) electrons. The highest BCUT2D eigenvalue weighted by Crippen LogP contribution is 2.28. The van der Waals surface area contributed by atoms with Crippen LogP contribution in [0, 0.1) is 0 Å². The first-order valence-electron chi connectivity index (χ1n) is 7.38. The van der Waals surface area contributed by atoms with Crippen molar-refractivity contribution in [3.05, 3.63) is 28.6 Å². The highest BCUT2D eigenvalue weighted by atomic mass is 32.1. The average Bonchev–Trinajstić information content (AvgIpc) is 3.04. The normalized spacial score (nSPS) is 19.0. The van der Waals surface area contributed by atoms with Crippen LogP contribution in [0.15, 0.2) is 22.9 Å². The van der Waals surface area contributed by atoms with Crippen molar-refractivity contribution in [2.24, 2.45) is 0 Å². The molecule has 0 unspecified atom stereocenters. The van der Waals surface area contributed by atoms with Crippen molar-refractivity contribution < 1.29 is 9.53 Å². The summed E-state index contributed by atoms with van der Waals surface area (Å²) in [6.07, 6.45) is 0.404. The molecule has 2 fully saturated rings. The molecule has 4 rings (SSSR count). The molecular weight excluding hydrogens is 318 g/mol. The standard InChI is InChI=1S/C15H17N3O2S2/c19-14(18-5-11(6-18)16-12-7-20-8-12)4-10-9-22-15(17-10)13-2-1-3-21-13/h1-3,9,11-12,16H,4-8H2. The number of ether oxygens (including phenoxy) is 1. The molecular formula is C15H17N3O2S2. The van der Waals surface area contributed by atoms with Crippen LogP contribution in [0.2, 0.25) is 0 Å². The topological polar surface area (TPSA) is 54.5 Å². The van der Waals surface area contributed by atoms with E-state index in [2.05, 4.69) is 16.4 Å². The molecule has 7 heteroatoms. The molecule has 0 saturated carbocycles. The van der Waals surface area contributed by atoms with Crippen LogP contribution in [-0.2, 0) is 16.0 Å². The Morgan fingerprint density at radius 2 is 2.23 bits per heavy atom. The van der Waals surface area contributed by atoms with E-state index in [1.54, 1.807) is 22.7 Å². The maximum absolute atomic E-state index is 12.2. The summed E-state index contributed by atoms with van der Waals surface area (Å²) in [4.78, 5) is 19.9. The SMILES string of the molecule is O=C(Cc1csc(-c2cccs2)n1)N1CC(NC2COC2)C1. The highest BCUT2D eigenvalue weighted by Gasteiger charge is 2.33. The monoisotopic (exact) mass is 335 g/mol. The first kappa shape index (κ1) is 14.3. The Morgan fingerprint density at radius 1 is 1.36 bits per heavy atom. The number of carbonyl (C=O) groups is 1. The van der Waals surface area contributed by atoms with Crippen LogP contribution >= 0.6 is 22.7 Å². The fraction of sp³-hybridized carbons (Fsp3) is 0.467. The summed E-state index contributed by atoms with van der Waals surface area (Å²) >= 11 is 3.29. The molecule has 0 spiro atoms. The van der Waals surface area contributed by atoms with Crippen molar-refractivity contribution in [3.8, 4) is 9.88 Å². The van der Waals surface area contributed by atoms with E-state index in [0.717, 1.165) is 37.0 Å². The van der Waals surface area contributed by atoms with Crippen LogP contribution in [0.4, 0.5) is 0 Å². The predicted molar refractivity (Wildman–Crippen MR) is 87.2 cm³/mol. The van der Waals surface area contributed by atoms with Gasteiger partial charge in [-0.1, -0.05) is 6.07 Å². The Morgan fingerprint density at radius 3 is 2.91 bits per heavy atom. The first-order chi connectivity index (χ1) is 10.8. The van der Waals surface area contributed by atoms with Crippen LogP contribution in [0.3, 0.4) is 0 Å². The Labute approximate surface area is 136 Å². The van der Waals surface area contributed by atoms with E-state index < -0.39 is 0 Å². The van der Waals surface area contributed by atoms with Gasteiger partial charge >= 0.3 is 0 Å². The molecule has 2 aromatic rings. The van der Waals surface area contributed by atoms with Crippen molar-refractivity contribution >= 4 is 28.6 Å². The van der Waals surface area contributed by atoms with E-state index in [1.807, 2.05) is 21.7 Å². The summed E-state index contributed by atoms with van der Waals surface area (Å²) < 4.78 is 5.14. The van der Waals surface area contributed by atoms with E-state index >= 15 is 0 Å². The van der Waals surface area contributed by atoms with Gasteiger partial charge in [0.05, 0.1) is 36.2 Å². The maximum atomic E-state index is 12.2. The fourth-order valence-electron chi connectivity index (χ4n) is 2.62. The molecule has 2 aliphatic heterocycles. The maximum Gasteiger partial charge on any atom is 0.228 e. The average molecular weight is 335 g/mol. The van der Waals surface area contributed by atoms with Crippen LogP contribution in [0.5, 0.6) is 0 Å². The summed E-state index contributed by atoms with van der Waals surface area (Å²) in [7, 11) is 0. The van der Waals surface area contributed by atoms with Gasteiger partial charge in [-0.3, -0.25) is 4.79 Å². The Balaban J connectivity index is 1.28. The number of carbonyl (C=O) groups excluding carboxylic acids is 1. The third kappa shape index (κ3) is 2.94. The van der Waals surface area contributed by atoms with Crippen molar-refractivity contribution in [2.45, 2.75) is 18.5 Å². The molecule has 2 aromatic heterocycles. The minimum atomic E-state index is 0.172. The van der Waals surface area contributed by atoms with Crippen LogP contribution in [0.25, 0.3) is 9.88 Å². The van der Waals surface area contributed by atoms with Gasteiger partial charge in [-0.15, -0.1) is 22.7 Å². The Hall–Kier alpha value is -1.28. The molecule has 2 saturated heterocycles. The zero-order chi connectivity index (χ0) is 14.9. The van der Waals surface area contributed by atoms with Crippen molar-refractivity contribution in [3.63, 3.8) is 0 Å². The minimum absolute atomic E-state index is 0.172. The van der Waals surface area contributed by atoms with E-state index in [9.17, 15) is 4.79 Å². The van der Waals surface area contributed by atoms with E-state index in [-0.39, 0.29) is 5.91 Å². The summed E-state index contributed by atoms with van der Waals surface area (Å²) in [5.41, 5.74) is 0.877. The molecule has 0 bridgehead atoms. The minimum Gasteiger partial charge on any atom is -0.378 e. The Kier molecular flexibility index (Phi) is 3.96. The van der Waals surface area contributed by atoms with Gasteiger partial charge < -0.3 is 15.0 Å². The van der Waals surface area contributed by atoms with Gasteiger partial charge in [-0.05, 0) is 11.4 Å². The molecule has 0 atom stereocenters. The predicted octanol–water partition coefficient (Wildman–Crippen LogP) is 1.61. The molecule has 5 nitrogen and oxygen atoms in total. The Bertz CT molecular complexity index is 646. The first-order valence-corrected chi connectivity index (χ1v) is 9.14. The highest BCUT2D eigenvalue weighted by molar-refractivity contribution is 7.20. The summed E-state index contributed by atoms with van der Waals surface area (Å²) in [5, 5.41) is 8.54. The fourth-order valence-corrected chi connectivity index (χ4v) is 4.26. The molecule has 0 aliphatic carbocycles. The zero-order valence-electron chi connectivity index (χ0n) is 12.0. The lowest BCUT2D eigenvalue weighted by atomic mass is 10.1. The van der Waals surface area contributed by atoms with Gasteiger partial charge in [0.2, 0.25) is 5.91 Å². The van der Waals surface area contributed by atoms with Gasteiger partial charge in [0, 0.05) is 24.5 Å². The number of nitrogens with zero attached hydrogens (tertiary/aromatic N) is 2. The summed E-state index contributed by atoms with van der Waals surface area (Å²) in [5.74, 6) is 0.172. The molecule has 22 heavy (non-hydrogen) atoms. The molecule has 1 N–H and O–H groups in total. The van der Waals surface area contributed by atoms with Crippen LogP contribution < -0.4 is 5.32 Å². The summed E-state index contributed by atoms with van der Waals surface area (Å²) in [6, 6.07) is 4.99. The quantitative estimate of drug-likeness (QED) is 0.902. The molecule has 4 heterocycles. The van der Waals surface area contributed by atoms with Crippen LogP contribution in [-0.4, -0.2) is 54.2 Å². The second-order valence-electron chi connectivity index (χ2n) is 5.69. The van der Waals surface area contributed by atoms with Crippen molar-refractivity contribution in [2.75, 3.05) is 26.3 Å². The third-order valence-corrected chi connectivity index (χ3v) is 5.89. The zero-order valence-corrected chi connectivity index (χ0v) is 13.7. The number of nitrogens with one attached hydrogen (secondary N) is 1. The number of thiophene rings is 1. The second-order valence-corrected chi connectivity index (χ2v) is 7.50. The lowest BCUT2D eigenvalue weighted by Gasteiger charge is -2.43. The lowest BCUT2D eigenvalue weighted by molar-refractivity contribution is -0.136. The van der Waals surface area contributed by atoms with Gasteiger partial charge in [0.25, 0.3) is 0 Å². The second kappa shape index (κ2) is 6.08. The number of amides is 1. The number of hydrogen-bond acceptors (Lipinski definition) is 6. The van der Waals surface area contributed by atoms with Gasteiger partial charge in [-0.2, -0.15) is 0 Å². The van der Waals surface area contributed by atoms with E-state index in [0.29, 0.717) is 18.5 Å². The molecule has 1 amide bonds. The molecule has 2 aliphatic rings. The van der Waals surface area contributed by atoms with Crippen molar-refractivity contribution in [1.82, 2.24) is 15.2 Å². The van der Waals surface area contributed by atoms with Gasteiger partial charge in [0.15, 0.2) is 0 Å². The number of rotatable bonds is 5. The summed E-state index contributed by atoms with van der Waals surface area (Å²) in [6.45, 7) is 3.21. The van der Waals surface area contributed by atoms with Gasteiger partial charge in [-0.25, -0.2) is 4.98 Å².